The lowest BCUT2D eigenvalue weighted by Gasteiger charge is -2.32. The fourth-order valence-corrected chi connectivity index (χ4v) is 2.66. The van der Waals surface area contributed by atoms with Gasteiger partial charge in [-0.05, 0) is 37.4 Å². The summed E-state index contributed by atoms with van der Waals surface area (Å²) in [5.74, 6) is 0.628. The summed E-state index contributed by atoms with van der Waals surface area (Å²) in [6.07, 6.45) is 5.38. The molecule has 3 rings (SSSR count). The van der Waals surface area contributed by atoms with Crippen LogP contribution >= 0.6 is 0 Å². The summed E-state index contributed by atoms with van der Waals surface area (Å²) in [6.45, 7) is 2.40. The van der Waals surface area contributed by atoms with E-state index in [1.807, 2.05) is 0 Å². The minimum Gasteiger partial charge on any atom is -0.340 e. The fraction of sp³-hybridized carbons (Fsp3) is 0.429. The van der Waals surface area contributed by atoms with Crippen LogP contribution in [-0.4, -0.2) is 41.5 Å². The second kappa shape index (κ2) is 6.10. The lowest BCUT2D eigenvalue weighted by atomic mass is 9.99. The summed E-state index contributed by atoms with van der Waals surface area (Å²) in [5.41, 5.74) is 6.51. The van der Waals surface area contributed by atoms with Gasteiger partial charge < -0.3 is 16.0 Å². The summed E-state index contributed by atoms with van der Waals surface area (Å²) in [4.78, 5) is 33.5. The number of hydrogen-bond acceptors (Lipinski definition) is 6. The van der Waals surface area contributed by atoms with Crippen LogP contribution in [-0.2, 0) is 4.79 Å². The van der Waals surface area contributed by atoms with E-state index >= 15 is 0 Å². The number of urea groups is 1. The van der Waals surface area contributed by atoms with Crippen molar-refractivity contribution in [3.8, 4) is 0 Å². The van der Waals surface area contributed by atoms with E-state index in [1.54, 1.807) is 12.3 Å². The third kappa shape index (κ3) is 3.06. The number of nitrogens with one attached hydrogen (secondary N) is 2. The Morgan fingerprint density at radius 2 is 2.27 bits per heavy atom. The number of hydrogen-bond donors (Lipinski definition) is 3. The van der Waals surface area contributed by atoms with Crippen LogP contribution in [0.1, 0.15) is 18.5 Å². The first-order valence-electron chi connectivity index (χ1n) is 7.28. The first-order chi connectivity index (χ1) is 10.7. The van der Waals surface area contributed by atoms with Crippen molar-refractivity contribution >= 4 is 24.0 Å². The second-order valence-electron chi connectivity index (χ2n) is 5.44. The number of anilines is 1. The molecule has 22 heavy (non-hydrogen) atoms. The molecular formula is C14H18N6O2. The van der Waals surface area contributed by atoms with Crippen molar-refractivity contribution in [1.29, 1.82) is 0 Å². The summed E-state index contributed by atoms with van der Waals surface area (Å²) in [5, 5.41) is 4.59. The predicted molar refractivity (Wildman–Crippen MR) is 80.7 cm³/mol. The van der Waals surface area contributed by atoms with Gasteiger partial charge >= 0.3 is 6.03 Å². The van der Waals surface area contributed by atoms with Crippen molar-refractivity contribution in [2.24, 2.45) is 11.7 Å². The first-order valence-corrected chi connectivity index (χ1v) is 7.28. The summed E-state index contributed by atoms with van der Waals surface area (Å²) < 4.78 is 0. The average Bonchev–Trinajstić information content (AvgIpc) is 2.85. The van der Waals surface area contributed by atoms with Gasteiger partial charge in [0.2, 0.25) is 5.95 Å². The number of nitrogens with two attached hydrogens (primary N) is 1. The molecule has 0 saturated carbocycles. The highest BCUT2D eigenvalue weighted by Gasteiger charge is 2.24. The third-order valence-electron chi connectivity index (χ3n) is 3.81. The Balaban J connectivity index is 1.79. The number of rotatable bonds is 3. The molecule has 0 aromatic carbocycles. The highest BCUT2D eigenvalue weighted by atomic mass is 16.2. The Kier molecular flexibility index (Phi) is 4.01. The van der Waals surface area contributed by atoms with E-state index in [0.717, 1.165) is 25.9 Å². The van der Waals surface area contributed by atoms with Crippen molar-refractivity contribution < 1.29 is 9.59 Å². The van der Waals surface area contributed by atoms with Crippen LogP contribution in [0, 0.1) is 5.92 Å². The van der Waals surface area contributed by atoms with Crippen molar-refractivity contribution in [2.45, 2.75) is 12.8 Å². The zero-order valence-corrected chi connectivity index (χ0v) is 12.1. The zero-order chi connectivity index (χ0) is 15.5. The molecule has 8 heteroatoms. The van der Waals surface area contributed by atoms with E-state index in [9.17, 15) is 9.59 Å². The number of piperidine rings is 1. The molecule has 0 bridgehead atoms. The molecule has 4 N–H and O–H groups in total. The Morgan fingerprint density at radius 1 is 1.41 bits per heavy atom. The molecule has 8 nitrogen and oxygen atoms in total. The molecule has 2 aliphatic rings. The molecule has 116 valence electrons. The van der Waals surface area contributed by atoms with E-state index in [4.69, 9.17) is 5.73 Å². The van der Waals surface area contributed by atoms with E-state index in [1.165, 1.54) is 6.08 Å². The van der Waals surface area contributed by atoms with Gasteiger partial charge in [0.1, 0.15) is 5.70 Å². The Bertz CT molecular complexity index is 630. The molecule has 0 spiro atoms. The third-order valence-corrected chi connectivity index (χ3v) is 3.81. The summed E-state index contributed by atoms with van der Waals surface area (Å²) in [6, 6.07) is 1.17. The van der Waals surface area contributed by atoms with Crippen LogP contribution in [0.2, 0.25) is 0 Å². The predicted octanol–water partition coefficient (Wildman–Crippen LogP) is -0.168. The monoisotopic (exact) mass is 302 g/mol. The number of nitrogens with zero attached hydrogens (tertiary/aromatic N) is 3. The molecule has 0 radical (unpaired) electrons. The van der Waals surface area contributed by atoms with Gasteiger partial charge in [0, 0.05) is 19.3 Å². The van der Waals surface area contributed by atoms with E-state index in [-0.39, 0.29) is 5.70 Å². The molecule has 1 atom stereocenters. The van der Waals surface area contributed by atoms with Gasteiger partial charge in [0.15, 0.2) is 0 Å². The van der Waals surface area contributed by atoms with E-state index in [0.29, 0.717) is 24.1 Å². The minimum atomic E-state index is -0.521. The maximum absolute atomic E-state index is 11.5. The highest BCUT2D eigenvalue weighted by molar-refractivity contribution is 6.13. The van der Waals surface area contributed by atoms with Crippen molar-refractivity contribution in [1.82, 2.24) is 20.6 Å². The molecule has 3 heterocycles. The average molecular weight is 302 g/mol. The number of imide groups is 1. The van der Waals surface area contributed by atoms with Crippen LogP contribution in [0.15, 0.2) is 18.0 Å². The molecule has 1 aromatic rings. The largest absolute Gasteiger partial charge is 0.340 e. The van der Waals surface area contributed by atoms with Gasteiger partial charge in [0.25, 0.3) is 5.91 Å². The SMILES string of the molecule is NCC1CCCN(c2nccc(C=C3NC(=O)NC3=O)n2)C1. The number of carbonyl (C=O) groups excluding carboxylic acids is 2. The standard InChI is InChI=1S/C14H18N6O2/c15-7-9-2-1-5-20(8-9)13-16-4-3-10(17-13)6-11-12(21)19-14(22)18-11/h3-4,6,9H,1-2,5,7-8,15H2,(H2,18,19,21,22). The zero-order valence-electron chi connectivity index (χ0n) is 12.1. The van der Waals surface area contributed by atoms with Gasteiger partial charge in [-0.1, -0.05) is 0 Å². The summed E-state index contributed by atoms with van der Waals surface area (Å²) in [7, 11) is 0. The molecular weight excluding hydrogens is 284 g/mol. The Hall–Kier alpha value is -2.48. The van der Waals surface area contributed by atoms with Gasteiger partial charge in [-0.3, -0.25) is 10.1 Å². The minimum absolute atomic E-state index is 0.188. The van der Waals surface area contributed by atoms with E-state index in [2.05, 4.69) is 25.5 Å². The molecule has 1 unspecified atom stereocenters. The van der Waals surface area contributed by atoms with Crippen LogP contribution in [0.25, 0.3) is 6.08 Å². The van der Waals surface area contributed by atoms with Crippen molar-refractivity contribution in [3.63, 3.8) is 0 Å². The smallest absolute Gasteiger partial charge is 0.326 e. The lowest BCUT2D eigenvalue weighted by molar-refractivity contribution is -0.115. The Morgan fingerprint density at radius 3 is 3.00 bits per heavy atom. The topological polar surface area (TPSA) is 113 Å². The normalized spacial score (nSPS) is 23.6. The number of amides is 3. The maximum Gasteiger partial charge on any atom is 0.326 e. The quantitative estimate of drug-likeness (QED) is 0.528. The van der Waals surface area contributed by atoms with Crippen LogP contribution in [0.5, 0.6) is 0 Å². The van der Waals surface area contributed by atoms with Crippen LogP contribution < -0.4 is 21.3 Å². The highest BCUT2D eigenvalue weighted by Crippen LogP contribution is 2.20. The second-order valence-corrected chi connectivity index (χ2v) is 5.44. The fourth-order valence-electron chi connectivity index (χ4n) is 2.66. The molecule has 0 aliphatic carbocycles. The van der Waals surface area contributed by atoms with E-state index < -0.39 is 11.9 Å². The van der Waals surface area contributed by atoms with Gasteiger partial charge in [-0.25, -0.2) is 14.8 Å². The van der Waals surface area contributed by atoms with Gasteiger partial charge in [-0.2, -0.15) is 0 Å². The van der Waals surface area contributed by atoms with Gasteiger partial charge in [-0.15, -0.1) is 0 Å². The Labute approximate surface area is 127 Å². The summed E-state index contributed by atoms with van der Waals surface area (Å²) >= 11 is 0. The molecule has 1 aromatic heterocycles. The molecule has 2 fully saturated rings. The molecule has 2 saturated heterocycles. The van der Waals surface area contributed by atoms with Gasteiger partial charge in [0.05, 0.1) is 5.69 Å². The van der Waals surface area contributed by atoms with Crippen LogP contribution in [0.4, 0.5) is 10.7 Å². The first kappa shape index (κ1) is 14.5. The molecule has 3 amide bonds. The van der Waals surface area contributed by atoms with Crippen LogP contribution in [0.3, 0.4) is 0 Å². The lowest BCUT2D eigenvalue weighted by Crippen LogP contribution is -2.39. The van der Waals surface area contributed by atoms with Crippen molar-refractivity contribution in [2.75, 3.05) is 24.5 Å². The van der Waals surface area contributed by atoms with Crippen molar-refractivity contribution in [3.05, 3.63) is 23.7 Å². The molecule has 2 aliphatic heterocycles. The number of aromatic nitrogens is 2. The maximum atomic E-state index is 11.5. The number of carbonyl (C=O) groups is 2.